The lowest BCUT2D eigenvalue weighted by Gasteiger charge is -2.29. The summed E-state index contributed by atoms with van der Waals surface area (Å²) in [7, 11) is 0. The number of fused-ring (bicyclic) bond motifs is 1. The van der Waals surface area contributed by atoms with Crippen LogP contribution in [0.2, 0.25) is 0 Å². The van der Waals surface area contributed by atoms with E-state index in [2.05, 4.69) is 24.0 Å². The molecule has 2 rings (SSSR count). The molecular weight excluding hydrogens is 214 g/mol. The maximum absolute atomic E-state index is 12.0. The van der Waals surface area contributed by atoms with Gasteiger partial charge >= 0.3 is 0 Å². The summed E-state index contributed by atoms with van der Waals surface area (Å²) >= 11 is 0. The summed E-state index contributed by atoms with van der Waals surface area (Å²) < 4.78 is 0. The first-order valence-electron chi connectivity index (χ1n) is 6.35. The van der Waals surface area contributed by atoms with Crippen LogP contribution in [-0.2, 0) is 17.8 Å². The molecule has 4 heteroatoms. The number of amides is 1. The van der Waals surface area contributed by atoms with Crippen molar-refractivity contribution < 1.29 is 4.79 Å². The van der Waals surface area contributed by atoms with Crippen molar-refractivity contribution >= 4 is 5.91 Å². The molecule has 0 spiro atoms. The zero-order chi connectivity index (χ0) is 12.6. The van der Waals surface area contributed by atoms with Crippen LogP contribution >= 0.6 is 0 Å². The number of aromatic nitrogens is 2. The van der Waals surface area contributed by atoms with Gasteiger partial charge in [-0.1, -0.05) is 27.7 Å². The van der Waals surface area contributed by atoms with E-state index < -0.39 is 0 Å². The highest BCUT2D eigenvalue weighted by Gasteiger charge is 2.26. The first-order chi connectivity index (χ1) is 8.00. The maximum atomic E-state index is 12.0. The number of rotatable bonds is 2. The number of carbonyl (C=O) groups is 1. The molecule has 0 radical (unpaired) electrons. The summed E-state index contributed by atoms with van der Waals surface area (Å²) in [4.78, 5) is 14.0. The Morgan fingerprint density at radius 3 is 2.65 bits per heavy atom. The molecule has 1 amide bonds. The Morgan fingerprint density at radius 2 is 2.06 bits per heavy atom. The normalized spacial score (nSPS) is 15.5. The molecule has 1 aliphatic rings. The fraction of sp³-hybridized carbons (Fsp3) is 0.692. The summed E-state index contributed by atoms with van der Waals surface area (Å²) in [5, 5.41) is 7.48. The van der Waals surface area contributed by atoms with E-state index in [1.165, 1.54) is 11.3 Å². The molecule has 0 fully saturated rings. The van der Waals surface area contributed by atoms with Crippen molar-refractivity contribution in [3.63, 3.8) is 0 Å². The number of aromatic amines is 1. The quantitative estimate of drug-likeness (QED) is 0.853. The Bertz CT molecular complexity index is 420. The van der Waals surface area contributed by atoms with Gasteiger partial charge in [0, 0.05) is 36.7 Å². The molecule has 4 nitrogen and oxygen atoms in total. The second-order valence-corrected chi connectivity index (χ2v) is 5.39. The lowest BCUT2D eigenvalue weighted by molar-refractivity contribution is -0.135. The van der Waals surface area contributed by atoms with Gasteiger partial charge in [-0.25, -0.2) is 0 Å². The van der Waals surface area contributed by atoms with Crippen molar-refractivity contribution in [2.45, 2.75) is 46.6 Å². The zero-order valence-electron chi connectivity index (χ0n) is 11.1. The number of nitrogens with zero attached hydrogens (tertiary/aromatic N) is 2. The van der Waals surface area contributed by atoms with Crippen LogP contribution in [0.1, 0.15) is 50.6 Å². The van der Waals surface area contributed by atoms with E-state index >= 15 is 0 Å². The molecule has 0 aliphatic carbocycles. The summed E-state index contributed by atoms with van der Waals surface area (Å²) in [6, 6.07) is 0. The minimum absolute atomic E-state index is 0.0750. The van der Waals surface area contributed by atoms with Crippen molar-refractivity contribution in [1.29, 1.82) is 0 Å². The molecule has 94 valence electrons. The van der Waals surface area contributed by atoms with Gasteiger partial charge < -0.3 is 4.90 Å². The third kappa shape index (κ3) is 2.21. The van der Waals surface area contributed by atoms with Gasteiger partial charge in [0.15, 0.2) is 0 Å². The summed E-state index contributed by atoms with van der Waals surface area (Å²) in [6.45, 7) is 9.71. The molecule has 1 N–H and O–H groups in total. The van der Waals surface area contributed by atoms with E-state index in [1.54, 1.807) is 0 Å². The highest BCUT2D eigenvalue weighted by molar-refractivity contribution is 5.78. The van der Waals surface area contributed by atoms with Crippen molar-refractivity contribution in [2.24, 2.45) is 5.92 Å². The minimum Gasteiger partial charge on any atom is -0.338 e. The molecule has 0 atom stereocenters. The summed E-state index contributed by atoms with van der Waals surface area (Å²) in [5.74, 6) is 0.724. The van der Waals surface area contributed by atoms with E-state index in [0.717, 1.165) is 25.2 Å². The smallest absolute Gasteiger partial charge is 0.225 e. The van der Waals surface area contributed by atoms with Crippen molar-refractivity contribution in [3.8, 4) is 0 Å². The molecule has 1 aromatic heterocycles. The van der Waals surface area contributed by atoms with Gasteiger partial charge in [0.1, 0.15) is 0 Å². The standard InChI is InChI=1S/C13H21N3O/c1-8(2)12-10-7-16(13(17)9(3)4)6-5-11(10)14-15-12/h8-9H,5-7H2,1-4H3,(H,14,15). The molecule has 0 bridgehead atoms. The predicted octanol–water partition coefficient (Wildman–Crippen LogP) is 2.07. The third-order valence-corrected chi connectivity index (χ3v) is 3.32. The molecule has 17 heavy (non-hydrogen) atoms. The van der Waals surface area contributed by atoms with Gasteiger partial charge in [0.2, 0.25) is 5.91 Å². The Balaban J connectivity index is 2.22. The number of hydrogen-bond donors (Lipinski definition) is 1. The predicted molar refractivity (Wildman–Crippen MR) is 66.6 cm³/mol. The average Bonchev–Trinajstić information content (AvgIpc) is 2.70. The molecular formula is C13H21N3O. The largest absolute Gasteiger partial charge is 0.338 e. The fourth-order valence-corrected chi connectivity index (χ4v) is 2.35. The molecule has 2 heterocycles. The summed E-state index contributed by atoms with van der Waals surface area (Å²) in [6.07, 6.45) is 0.896. The topological polar surface area (TPSA) is 49.0 Å². The molecule has 0 saturated heterocycles. The zero-order valence-corrected chi connectivity index (χ0v) is 11.1. The van der Waals surface area contributed by atoms with Crippen LogP contribution < -0.4 is 0 Å². The Morgan fingerprint density at radius 1 is 1.35 bits per heavy atom. The van der Waals surface area contributed by atoms with E-state index in [4.69, 9.17) is 0 Å². The number of hydrogen-bond acceptors (Lipinski definition) is 2. The lowest BCUT2D eigenvalue weighted by Crippen LogP contribution is -2.38. The van der Waals surface area contributed by atoms with Gasteiger partial charge in [-0.2, -0.15) is 5.10 Å². The summed E-state index contributed by atoms with van der Waals surface area (Å²) in [5.41, 5.74) is 3.56. The van der Waals surface area contributed by atoms with E-state index in [1.807, 2.05) is 18.7 Å². The monoisotopic (exact) mass is 235 g/mol. The Kier molecular flexibility index (Phi) is 3.22. The minimum atomic E-state index is 0.0750. The van der Waals surface area contributed by atoms with Crippen molar-refractivity contribution in [3.05, 3.63) is 17.0 Å². The Labute approximate surface area is 102 Å². The third-order valence-electron chi connectivity index (χ3n) is 3.32. The number of H-pyrrole nitrogens is 1. The van der Waals surface area contributed by atoms with Gasteiger partial charge in [-0.15, -0.1) is 0 Å². The van der Waals surface area contributed by atoms with Crippen LogP contribution in [0.25, 0.3) is 0 Å². The number of carbonyl (C=O) groups excluding carboxylic acids is 1. The van der Waals surface area contributed by atoms with Gasteiger partial charge in [0.05, 0.1) is 5.69 Å². The first kappa shape index (κ1) is 12.1. The SMILES string of the molecule is CC(C)C(=O)N1CCc2[nH]nc(C(C)C)c2C1. The molecule has 0 saturated carbocycles. The van der Waals surface area contributed by atoms with E-state index in [-0.39, 0.29) is 11.8 Å². The molecule has 1 aliphatic heterocycles. The van der Waals surface area contributed by atoms with Crippen LogP contribution in [0, 0.1) is 5.92 Å². The molecule has 0 aromatic carbocycles. The van der Waals surface area contributed by atoms with E-state index in [0.29, 0.717) is 5.92 Å². The Hall–Kier alpha value is -1.32. The first-order valence-corrected chi connectivity index (χ1v) is 6.35. The van der Waals surface area contributed by atoms with Crippen LogP contribution in [0.3, 0.4) is 0 Å². The maximum Gasteiger partial charge on any atom is 0.225 e. The van der Waals surface area contributed by atoms with Crippen molar-refractivity contribution in [1.82, 2.24) is 15.1 Å². The van der Waals surface area contributed by atoms with E-state index in [9.17, 15) is 4.79 Å². The van der Waals surface area contributed by atoms with Gasteiger partial charge in [-0.3, -0.25) is 9.89 Å². The van der Waals surface area contributed by atoms with Gasteiger partial charge in [0.25, 0.3) is 0 Å². The van der Waals surface area contributed by atoms with Crippen LogP contribution in [0.4, 0.5) is 0 Å². The van der Waals surface area contributed by atoms with Crippen LogP contribution in [0.5, 0.6) is 0 Å². The molecule has 0 unspecified atom stereocenters. The highest BCUT2D eigenvalue weighted by Crippen LogP contribution is 2.26. The highest BCUT2D eigenvalue weighted by atomic mass is 16.2. The molecule has 1 aromatic rings. The van der Waals surface area contributed by atoms with Crippen LogP contribution in [-0.4, -0.2) is 27.5 Å². The average molecular weight is 235 g/mol. The second-order valence-electron chi connectivity index (χ2n) is 5.39. The van der Waals surface area contributed by atoms with Crippen molar-refractivity contribution in [2.75, 3.05) is 6.54 Å². The number of nitrogens with one attached hydrogen (secondary N) is 1. The lowest BCUT2D eigenvalue weighted by atomic mass is 9.98. The van der Waals surface area contributed by atoms with Gasteiger partial charge in [-0.05, 0) is 5.92 Å². The second kappa shape index (κ2) is 4.51. The fourth-order valence-electron chi connectivity index (χ4n) is 2.35. The van der Waals surface area contributed by atoms with Crippen LogP contribution in [0.15, 0.2) is 0 Å².